The highest BCUT2D eigenvalue weighted by Gasteiger charge is 2.23. The summed E-state index contributed by atoms with van der Waals surface area (Å²) in [4.78, 5) is 36.2. The first-order valence-corrected chi connectivity index (χ1v) is 6.88. The van der Waals surface area contributed by atoms with Crippen molar-refractivity contribution in [2.24, 2.45) is 0 Å². The molecule has 2 amide bonds. The van der Waals surface area contributed by atoms with Gasteiger partial charge in [-0.1, -0.05) is 23.9 Å². The van der Waals surface area contributed by atoms with Crippen LogP contribution in [0.4, 0.5) is 10.5 Å². The monoisotopic (exact) mass is 278 g/mol. The van der Waals surface area contributed by atoms with Gasteiger partial charge in [0.05, 0.1) is 5.69 Å². The number of rotatable bonds is 4. The zero-order chi connectivity index (χ0) is 13.8. The van der Waals surface area contributed by atoms with Gasteiger partial charge in [0.15, 0.2) is 5.78 Å². The number of carbonyl (C=O) groups is 3. The van der Waals surface area contributed by atoms with Crippen molar-refractivity contribution >= 4 is 34.4 Å². The van der Waals surface area contributed by atoms with Crippen LogP contribution in [-0.4, -0.2) is 40.7 Å². The highest BCUT2D eigenvalue weighted by Crippen LogP contribution is 2.18. The Morgan fingerprint density at radius 1 is 1.37 bits per heavy atom. The van der Waals surface area contributed by atoms with E-state index in [2.05, 4.69) is 5.32 Å². The van der Waals surface area contributed by atoms with Crippen LogP contribution in [0.5, 0.6) is 0 Å². The molecule has 1 saturated heterocycles. The SMILES string of the molecule is CC(=O)c1ccccc1NC(=O)CN1CCSC1=O. The van der Waals surface area contributed by atoms with Crippen molar-refractivity contribution in [1.29, 1.82) is 0 Å². The summed E-state index contributed by atoms with van der Waals surface area (Å²) < 4.78 is 0. The maximum atomic E-state index is 11.9. The maximum Gasteiger partial charge on any atom is 0.282 e. The van der Waals surface area contributed by atoms with Gasteiger partial charge in [0, 0.05) is 17.9 Å². The standard InChI is InChI=1S/C13H14N2O3S/c1-9(16)10-4-2-3-5-11(10)14-12(17)8-15-6-7-19-13(15)18/h2-5H,6-8H2,1H3,(H,14,17). The summed E-state index contributed by atoms with van der Waals surface area (Å²) in [5, 5.41) is 2.60. The molecule has 0 unspecified atom stereocenters. The van der Waals surface area contributed by atoms with Crippen molar-refractivity contribution in [1.82, 2.24) is 4.90 Å². The van der Waals surface area contributed by atoms with Gasteiger partial charge in [0.25, 0.3) is 5.24 Å². The molecular weight excluding hydrogens is 264 g/mol. The number of carbonyl (C=O) groups excluding carboxylic acids is 3. The largest absolute Gasteiger partial charge is 0.324 e. The average Bonchev–Trinajstić information content (AvgIpc) is 2.75. The molecule has 100 valence electrons. The van der Waals surface area contributed by atoms with Crippen LogP contribution >= 0.6 is 11.8 Å². The Labute approximate surface area is 115 Å². The van der Waals surface area contributed by atoms with Gasteiger partial charge in [-0.15, -0.1) is 0 Å². The topological polar surface area (TPSA) is 66.5 Å². The van der Waals surface area contributed by atoms with Gasteiger partial charge < -0.3 is 10.2 Å². The van der Waals surface area contributed by atoms with E-state index >= 15 is 0 Å². The molecule has 0 aromatic heterocycles. The van der Waals surface area contributed by atoms with Crippen molar-refractivity contribution in [2.45, 2.75) is 6.92 Å². The summed E-state index contributed by atoms with van der Waals surface area (Å²) in [6, 6.07) is 6.83. The van der Waals surface area contributed by atoms with E-state index in [1.165, 1.54) is 23.6 Å². The number of hydrogen-bond donors (Lipinski definition) is 1. The van der Waals surface area contributed by atoms with Crippen molar-refractivity contribution < 1.29 is 14.4 Å². The lowest BCUT2D eigenvalue weighted by Crippen LogP contribution is -2.33. The van der Waals surface area contributed by atoms with Crippen LogP contribution in [-0.2, 0) is 4.79 Å². The summed E-state index contributed by atoms with van der Waals surface area (Å²) in [5.74, 6) is 0.323. The molecule has 0 saturated carbocycles. The zero-order valence-electron chi connectivity index (χ0n) is 10.5. The molecule has 1 fully saturated rings. The summed E-state index contributed by atoms with van der Waals surface area (Å²) in [6.07, 6.45) is 0. The molecule has 6 heteroatoms. The molecule has 1 aliphatic rings. The molecular formula is C13H14N2O3S. The molecule has 0 spiro atoms. The lowest BCUT2D eigenvalue weighted by molar-refractivity contribution is -0.116. The maximum absolute atomic E-state index is 11.9. The minimum atomic E-state index is -0.287. The second-order valence-corrected chi connectivity index (χ2v) is 5.23. The summed E-state index contributed by atoms with van der Waals surface area (Å²) >= 11 is 1.21. The minimum absolute atomic E-state index is 0.0259. The van der Waals surface area contributed by atoms with Gasteiger partial charge in [-0.25, -0.2) is 0 Å². The fraction of sp³-hybridized carbons (Fsp3) is 0.308. The second kappa shape index (κ2) is 5.88. The van der Waals surface area contributed by atoms with Crippen molar-refractivity contribution in [3.8, 4) is 0 Å². The predicted molar refractivity (Wildman–Crippen MR) is 74.5 cm³/mol. The van der Waals surface area contributed by atoms with Crippen molar-refractivity contribution in [3.63, 3.8) is 0 Å². The molecule has 1 heterocycles. The third kappa shape index (κ3) is 3.35. The van der Waals surface area contributed by atoms with Gasteiger partial charge in [-0.2, -0.15) is 0 Å². The van der Waals surface area contributed by atoms with Crippen LogP contribution in [0, 0.1) is 0 Å². The van der Waals surface area contributed by atoms with Crippen LogP contribution < -0.4 is 5.32 Å². The van der Waals surface area contributed by atoms with Gasteiger partial charge >= 0.3 is 0 Å². The molecule has 2 rings (SSSR count). The highest BCUT2D eigenvalue weighted by molar-refractivity contribution is 8.13. The number of hydrogen-bond acceptors (Lipinski definition) is 4. The highest BCUT2D eigenvalue weighted by atomic mass is 32.2. The molecule has 19 heavy (non-hydrogen) atoms. The minimum Gasteiger partial charge on any atom is -0.324 e. The van der Waals surface area contributed by atoms with E-state index in [-0.39, 0.29) is 23.5 Å². The number of Topliss-reactive ketones (excluding diaryl/α,β-unsaturated/α-hetero) is 1. The quantitative estimate of drug-likeness (QED) is 0.855. The third-order valence-electron chi connectivity index (χ3n) is 2.76. The van der Waals surface area contributed by atoms with Crippen LogP contribution in [0.1, 0.15) is 17.3 Å². The number of amides is 2. The number of para-hydroxylation sites is 1. The first kappa shape index (κ1) is 13.6. The number of nitrogens with zero attached hydrogens (tertiary/aromatic N) is 1. The number of benzene rings is 1. The molecule has 1 aromatic rings. The van der Waals surface area contributed by atoms with E-state index < -0.39 is 0 Å². The molecule has 0 aliphatic carbocycles. The van der Waals surface area contributed by atoms with E-state index in [4.69, 9.17) is 0 Å². The first-order valence-electron chi connectivity index (χ1n) is 5.89. The lowest BCUT2D eigenvalue weighted by atomic mass is 10.1. The number of ketones is 1. The smallest absolute Gasteiger partial charge is 0.282 e. The average molecular weight is 278 g/mol. The summed E-state index contributed by atoms with van der Waals surface area (Å²) in [6.45, 7) is 2.06. The molecule has 0 atom stereocenters. The predicted octanol–water partition coefficient (Wildman–Crippen LogP) is 2.00. The third-order valence-corrected chi connectivity index (χ3v) is 3.65. The Morgan fingerprint density at radius 3 is 2.74 bits per heavy atom. The molecule has 0 bridgehead atoms. The summed E-state index contributed by atoms with van der Waals surface area (Å²) in [5.41, 5.74) is 0.956. The van der Waals surface area contributed by atoms with Gasteiger partial charge in [-0.05, 0) is 19.1 Å². The van der Waals surface area contributed by atoms with E-state index in [1.807, 2.05) is 0 Å². The molecule has 1 aromatic carbocycles. The Hall–Kier alpha value is -1.82. The number of anilines is 1. The van der Waals surface area contributed by atoms with E-state index in [0.29, 0.717) is 17.8 Å². The first-order chi connectivity index (χ1) is 9.08. The Morgan fingerprint density at radius 2 is 2.11 bits per heavy atom. The number of thioether (sulfide) groups is 1. The zero-order valence-corrected chi connectivity index (χ0v) is 11.3. The fourth-order valence-electron chi connectivity index (χ4n) is 1.83. The van der Waals surface area contributed by atoms with Gasteiger partial charge in [-0.3, -0.25) is 14.4 Å². The van der Waals surface area contributed by atoms with Crippen molar-refractivity contribution in [2.75, 3.05) is 24.2 Å². The summed E-state index contributed by atoms with van der Waals surface area (Å²) in [7, 11) is 0. The Balaban J connectivity index is 2.03. The van der Waals surface area contributed by atoms with E-state index in [1.54, 1.807) is 24.3 Å². The van der Waals surface area contributed by atoms with Crippen LogP contribution in [0.2, 0.25) is 0 Å². The molecule has 5 nitrogen and oxygen atoms in total. The lowest BCUT2D eigenvalue weighted by Gasteiger charge is -2.15. The Bertz CT molecular complexity index is 530. The molecule has 1 N–H and O–H groups in total. The molecule has 0 radical (unpaired) electrons. The van der Waals surface area contributed by atoms with Crippen LogP contribution in [0.3, 0.4) is 0 Å². The van der Waals surface area contributed by atoms with E-state index in [9.17, 15) is 14.4 Å². The second-order valence-electron chi connectivity index (χ2n) is 4.19. The van der Waals surface area contributed by atoms with Crippen LogP contribution in [0.15, 0.2) is 24.3 Å². The number of nitrogens with one attached hydrogen (secondary N) is 1. The fourth-order valence-corrected chi connectivity index (χ4v) is 2.66. The van der Waals surface area contributed by atoms with Gasteiger partial charge in [0.1, 0.15) is 6.54 Å². The van der Waals surface area contributed by atoms with Gasteiger partial charge in [0.2, 0.25) is 5.91 Å². The van der Waals surface area contributed by atoms with Crippen molar-refractivity contribution in [3.05, 3.63) is 29.8 Å². The van der Waals surface area contributed by atoms with E-state index in [0.717, 1.165) is 5.75 Å². The Kier molecular flexibility index (Phi) is 4.21. The molecule has 1 aliphatic heterocycles. The normalized spacial score (nSPS) is 14.6. The van der Waals surface area contributed by atoms with Crippen LogP contribution in [0.25, 0.3) is 0 Å².